The molecule has 20 heteroatoms. The van der Waals surface area contributed by atoms with Gasteiger partial charge in [-0.2, -0.15) is 25.3 Å². The minimum atomic E-state index is -4.54. The fourth-order valence-electron chi connectivity index (χ4n) is 3.94. The highest BCUT2D eigenvalue weighted by molar-refractivity contribution is 7.90. The van der Waals surface area contributed by atoms with E-state index in [9.17, 15) is 38.5 Å². The summed E-state index contributed by atoms with van der Waals surface area (Å²) in [6.45, 7) is 0. The van der Waals surface area contributed by atoms with Crippen LogP contribution in [0, 0.1) is 0 Å². The Balaban J connectivity index is 0.000000266. The Morgan fingerprint density at radius 1 is 0.696 bits per heavy atom. The summed E-state index contributed by atoms with van der Waals surface area (Å²) in [7, 11) is -16.8. The smallest absolute Gasteiger partial charge is 0.296 e. The molecule has 1 amide bonds. The van der Waals surface area contributed by atoms with E-state index in [1.54, 1.807) is 6.07 Å². The maximum absolute atomic E-state index is 12.4. The lowest BCUT2D eigenvalue weighted by Crippen LogP contribution is -2.14. The molecule has 15 nitrogen and oxygen atoms in total. The van der Waals surface area contributed by atoms with Gasteiger partial charge in [0.1, 0.15) is 9.79 Å². The fraction of sp³-hybridized carbons (Fsp3) is 0.115. The van der Waals surface area contributed by atoms with Gasteiger partial charge in [-0.1, -0.05) is 18.2 Å². The third kappa shape index (κ3) is 9.84. The van der Waals surface area contributed by atoms with E-state index in [-0.39, 0.29) is 50.3 Å². The highest BCUT2D eigenvalue weighted by atomic mass is 35.5. The summed E-state index contributed by atoms with van der Waals surface area (Å²) in [6.07, 6.45) is 0. The molecule has 4 aromatic carbocycles. The van der Waals surface area contributed by atoms with Crippen molar-refractivity contribution in [3.63, 3.8) is 0 Å². The van der Waals surface area contributed by atoms with E-state index < -0.39 is 55.9 Å². The molecule has 4 aromatic rings. The lowest BCUT2D eigenvalue weighted by atomic mass is 10.1. The number of amides is 1. The molecule has 0 aliphatic rings. The van der Waals surface area contributed by atoms with Crippen molar-refractivity contribution in [2.75, 3.05) is 28.4 Å². The molecule has 0 unspecified atom stereocenters. The number of nitrogens with two attached hydrogens (primary N) is 2. The lowest BCUT2D eigenvalue weighted by molar-refractivity contribution is 0.102. The van der Waals surface area contributed by atoms with Crippen LogP contribution in [0.4, 0.5) is 17.1 Å². The predicted molar refractivity (Wildman–Crippen MR) is 171 cm³/mol. The Morgan fingerprint density at radius 2 is 1.33 bits per heavy atom. The first-order valence-electron chi connectivity index (χ1n) is 12.4. The average molecular weight is 736 g/mol. The van der Waals surface area contributed by atoms with Crippen molar-refractivity contribution in [1.82, 2.24) is 0 Å². The number of nitrogen functional groups attached to an aromatic ring is 2. The number of carbonyl (C=O) groups is 1. The monoisotopic (exact) mass is 735 g/mol. The van der Waals surface area contributed by atoms with Crippen LogP contribution in [-0.2, 0) is 45.9 Å². The molecular weight excluding hydrogens is 710 g/mol. The van der Waals surface area contributed by atoms with E-state index in [4.69, 9.17) is 36.7 Å². The summed E-state index contributed by atoms with van der Waals surface area (Å²) >= 11 is 5.47. The number of fused-ring (bicyclic) bond motifs is 1. The first-order chi connectivity index (χ1) is 21.1. The summed E-state index contributed by atoms with van der Waals surface area (Å²) in [4.78, 5) is 10.9. The lowest BCUT2D eigenvalue weighted by Gasteiger charge is -2.09. The van der Waals surface area contributed by atoms with E-state index in [2.05, 4.69) is 5.32 Å². The molecule has 0 saturated heterocycles. The number of anilines is 3. The Bertz CT molecular complexity index is 2260. The third-order valence-corrected chi connectivity index (χ3v) is 10.7. The van der Waals surface area contributed by atoms with Gasteiger partial charge in [-0.3, -0.25) is 18.5 Å². The normalized spacial score (nSPS) is 12.3. The van der Waals surface area contributed by atoms with Gasteiger partial charge in [-0.15, -0.1) is 11.6 Å². The number of hydrogen-bond acceptors (Lipinski definition) is 11. The fourth-order valence-corrected chi connectivity index (χ4v) is 7.50. The Hall–Kier alpha value is -3.82. The minimum absolute atomic E-state index is 0.0181. The van der Waals surface area contributed by atoms with Crippen molar-refractivity contribution >= 4 is 85.5 Å². The van der Waals surface area contributed by atoms with Gasteiger partial charge in [0.15, 0.2) is 9.84 Å². The van der Waals surface area contributed by atoms with Gasteiger partial charge in [0.2, 0.25) is 0 Å². The van der Waals surface area contributed by atoms with Crippen molar-refractivity contribution in [3.05, 3.63) is 83.9 Å². The van der Waals surface area contributed by atoms with Crippen molar-refractivity contribution in [3.8, 4) is 0 Å². The van der Waals surface area contributed by atoms with Crippen LogP contribution in [0.25, 0.3) is 10.8 Å². The van der Waals surface area contributed by atoms with Gasteiger partial charge >= 0.3 is 0 Å². The van der Waals surface area contributed by atoms with Crippen LogP contribution in [0.3, 0.4) is 0 Å². The SMILES string of the molecule is Nc1cc2ccc(S(=O)(=O)O)cc2cc1S(=O)(=O)O.Nc1ccc(NC(=O)c2cccc(CS(=O)(=O)CCCl)c2)cc1S(=O)(=O)O. The molecule has 0 bridgehead atoms. The second kappa shape index (κ2) is 13.9. The molecule has 4 rings (SSSR count). The second-order valence-corrected chi connectivity index (χ2v) is 16.3. The Morgan fingerprint density at radius 3 is 1.91 bits per heavy atom. The van der Waals surface area contributed by atoms with Gasteiger partial charge in [0.05, 0.1) is 27.8 Å². The van der Waals surface area contributed by atoms with E-state index in [0.29, 0.717) is 10.9 Å². The molecule has 0 aliphatic carbocycles. The highest BCUT2D eigenvalue weighted by Gasteiger charge is 2.18. The molecule has 46 heavy (non-hydrogen) atoms. The molecule has 248 valence electrons. The molecule has 0 fully saturated rings. The van der Waals surface area contributed by atoms with Crippen LogP contribution in [-0.4, -0.2) is 64.9 Å². The Labute approximate surface area is 269 Å². The predicted octanol–water partition coefficient (Wildman–Crippen LogP) is 2.84. The van der Waals surface area contributed by atoms with E-state index >= 15 is 0 Å². The maximum atomic E-state index is 12.4. The molecule has 0 atom stereocenters. The zero-order valence-electron chi connectivity index (χ0n) is 23.2. The number of sulfone groups is 1. The number of alkyl halides is 1. The van der Waals surface area contributed by atoms with E-state index in [0.717, 1.165) is 24.3 Å². The van der Waals surface area contributed by atoms with Gasteiger partial charge < -0.3 is 16.8 Å². The van der Waals surface area contributed by atoms with Crippen LogP contribution in [0.15, 0.2) is 87.5 Å². The van der Waals surface area contributed by atoms with Crippen LogP contribution >= 0.6 is 11.6 Å². The van der Waals surface area contributed by atoms with Crippen molar-refractivity contribution in [2.24, 2.45) is 0 Å². The first-order valence-corrected chi connectivity index (χ1v) is 19.1. The zero-order chi connectivity index (χ0) is 34.7. The number of halogens is 1. The quantitative estimate of drug-likeness (QED) is 0.0819. The largest absolute Gasteiger partial charge is 0.398 e. The standard InChI is InChI=1S/C16H17ClN2O6S2.C10H9NO6S2/c17-6-7-26(21,22)10-11-2-1-3-12(8-11)16(20)19-13-4-5-14(18)15(9-13)27(23,24)25;11-9-4-6-1-2-8(18(12,13)14)3-7(6)5-10(9)19(15,16)17/h1-5,8-9H,6-7,10,18H2,(H,19,20)(H,23,24,25);1-5H,11H2,(H,12,13,14)(H,15,16,17). The number of benzene rings is 4. The van der Waals surface area contributed by atoms with Gasteiger partial charge in [0, 0.05) is 17.1 Å². The van der Waals surface area contributed by atoms with E-state index in [1.165, 1.54) is 42.5 Å². The number of nitrogens with one attached hydrogen (secondary N) is 1. The molecule has 8 N–H and O–H groups in total. The molecular formula is C26H26ClN3O12S4. The number of rotatable bonds is 9. The molecule has 0 saturated carbocycles. The second-order valence-electron chi connectivity index (χ2n) is 9.51. The molecule has 0 spiro atoms. The van der Waals surface area contributed by atoms with Gasteiger partial charge in [-0.25, -0.2) is 8.42 Å². The molecule has 0 heterocycles. The molecule has 0 aromatic heterocycles. The summed E-state index contributed by atoms with van der Waals surface area (Å²) < 4.78 is 117. The van der Waals surface area contributed by atoms with Crippen LogP contribution < -0.4 is 16.8 Å². The van der Waals surface area contributed by atoms with Crippen molar-refractivity contribution in [1.29, 1.82) is 0 Å². The van der Waals surface area contributed by atoms with Gasteiger partial charge in [0.25, 0.3) is 36.3 Å². The first kappa shape index (κ1) is 36.6. The number of carbonyl (C=O) groups excluding carboxylic acids is 1. The summed E-state index contributed by atoms with van der Waals surface area (Å²) in [5.41, 5.74) is 11.4. The summed E-state index contributed by atoms with van der Waals surface area (Å²) in [6, 6.07) is 15.6. The van der Waals surface area contributed by atoms with Crippen molar-refractivity contribution < 1.29 is 52.1 Å². The third-order valence-electron chi connectivity index (χ3n) is 6.03. The highest BCUT2D eigenvalue weighted by Crippen LogP contribution is 2.27. The molecule has 0 radical (unpaired) electrons. The molecule has 0 aliphatic heterocycles. The van der Waals surface area contributed by atoms with E-state index in [1.807, 2.05) is 0 Å². The average Bonchev–Trinajstić information content (AvgIpc) is 2.92. The van der Waals surface area contributed by atoms with Crippen molar-refractivity contribution in [2.45, 2.75) is 20.4 Å². The summed E-state index contributed by atoms with van der Waals surface area (Å²) in [5.74, 6) is -1.03. The maximum Gasteiger partial charge on any atom is 0.296 e. The Kier molecular flexibility index (Phi) is 11.1. The summed E-state index contributed by atoms with van der Waals surface area (Å²) in [5, 5.41) is 3.15. The van der Waals surface area contributed by atoms with Crippen LogP contribution in [0.2, 0.25) is 0 Å². The van der Waals surface area contributed by atoms with Crippen LogP contribution in [0.1, 0.15) is 15.9 Å². The topological polar surface area (TPSA) is 278 Å². The van der Waals surface area contributed by atoms with Gasteiger partial charge in [-0.05, 0) is 70.9 Å². The zero-order valence-corrected chi connectivity index (χ0v) is 27.3. The minimum Gasteiger partial charge on any atom is -0.398 e. The number of hydrogen-bond donors (Lipinski definition) is 6. The van der Waals surface area contributed by atoms with Crippen LogP contribution in [0.5, 0.6) is 0 Å².